The maximum Gasteiger partial charge on any atom is 0.294 e. The predicted octanol–water partition coefficient (Wildman–Crippen LogP) is 2.60. The van der Waals surface area contributed by atoms with Crippen LogP contribution in [-0.2, 0) is 4.79 Å². The van der Waals surface area contributed by atoms with Crippen molar-refractivity contribution >= 4 is 28.9 Å². The first-order valence-electron chi connectivity index (χ1n) is 6.99. The lowest BCUT2D eigenvalue weighted by Gasteiger charge is -2.32. The number of piperidine rings is 1. The average Bonchev–Trinajstić information content (AvgIpc) is 2.47. The van der Waals surface area contributed by atoms with Crippen LogP contribution in [0.4, 0.5) is 11.4 Å². The van der Waals surface area contributed by atoms with Gasteiger partial charge in [-0.05, 0) is 31.9 Å². The molecule has 0 spiro atoms. The molecule has 1 N–H and O–H groups in total. The minimum Gasteiger partial charge on any atom is -0.366 e. The van der Waals surface area contributed by atoms with Crippen molar-refractivity contribution in [3.05, 3.63) is 33.3 Å². The Hall–Kier alpha value is -1.82. The number of nitro benzene ring substituents is 1. The van der Waals surface area contributed by atoms with Crippen molar-refractivity contribution in [3.8, 4) is 0 Å². The number of amides is 1. The van der Waals surface area contributed by atoms with Crippen LogP contribution in [0.2, 0.25) is 5.02 Å². The Bertz CT molecular complexity index is 542. The van der Waals surface area contributed by atoms with Crippen LogP contribution in [-0.4, -0.2) is 30.5 Å². The summed E-state index contributed by atoms with van der Waals surface area (Å²) in [6.07, 6.45) is 1.40. The summed E-state index contributed by atoms with van der Waals surface area (Å²) in [7, 11) is 0. The molecule has 1 heterocycles. The molecule has 0 aliphatic carbocycles. The monoisotopic (exact) mass is 311 g/mol. The van der Waals surface area contributed by atoms with E-state index < -0.39 is 4.92 Å². The third-order valence-electron chi connectivity index (χ3n) is 3.69. The third-order valence-corrected chi connectivity index (χ3v) is 3.93. The highest BCUT2D eigenvalue weighted by molar-refractivity contribution is 6.30. The number of anilines is 1. The number of hydrogen-bond acceptors (Lipinski definition) is 4. The molecule has 0 radical (unpaired) electrons. The van der Waals surface area contributed by atoms with Crippen LogP contribution < -0.4 is 10.2 Å². The molecule has 1 fully saturated rings. The van der Waals surface area contributed by atoms with E-state index in [2.05, 4.69) is 5.32 Å². The fourth-order valence-electron chi connectivity index (χ4n) is 2.61. The van der Waals surface area contributed by atoms with Crippen molar-refractivity contribution in [2.24, 2.45) is 5.92 Å². The summed E-state index contributed by atoms with van der Waals surface area (Å²) >= 11 is 5.82. The molecule has 1 aliphatic heterocycles. The van der Waals surface area contributed by atoms with Gasteiger partial charge in [0.05, 0.1) is 4.92 Å². The molecular formula is C14H18ClN3O3. The van der Waals surface area contributed by atoms with Gasteiger partial charge in [-0.3, -0.25) is 14.9 Å². The molecule has 0 aromatic heterocycles. The fraction of sp³-hybridized carbons (Fsp3) is 0.500. The summed E-state index contributed by atoms with van der Waals surface area (Å²) in [5.41, 5.74) is 0.581. The van der Waals surface area contributed by atoms with Crippen LogP contribution >= 0.6 is 11.6 Å². The second-order valence-electron chi connectivity index (χ2n) is 5.05. The lowest BCUT2D eigenvalue weighted by Crippen LogP contribution is -2.40. The number of benzene rings is 1. The number of nitro groups is 1. The molecule has 0 saturated carbocycles. The fourth-order valence-corrected chi connectivity index (χ4v) is 2.78. The van der Waals surface area contributed by atoms with Gasteiger partial charge in [0.15, 0.2) is 0 Å². The number of rotatable bonds is 4. The van der Waals surface area contributed by atoms with E-state index >= 15 is 0 Å². The second kappa shape index (κ2) is 6.76. The van der Waals surface area contributed by atoms with Crippen molar-refractivity contribution in [2.75, 3.05) is 24.5 Å². The molecule has 7 heteroatoms. The maximum atomic E-state index is 11.8. The average molecular weight is 312 g/mol. The van der Waals surface area contributed by atoms with Crippen LogP contribution in [0.25, 0.3) is 0 Å². The number of carbonyl (C=O) groups is 1. The van der Waals surface area contributed by atoms with Crippen LogP contribution in [0, 0.1) is 16.0 Å². The van der Waals surface area contributed by atoms with E-state index in [1.165, 1.54) is 6.07 Å². The summed E-state index contributed by atoms with van der Waals surface area (Å²) in [4.78, 5) is 24.5. The lowest BCUT2D eigenvalue weighted by atomic mass is 9.95. The molecule has 21 heavy (non-hydrogen) atoms. The lowest BCUT2D eigenvalue weighted by molar-refractivity contribution is -0.384. The van der Waals surface area contributed by atoms with Crippen LogP contribution in [0.1, 0.15) is 19.8 Å². The predicted molar refractivity (Wildman–Crippen MR) is 81.7 cm³/mol. The molecule has 0 atom stereocenters. The summed E-state index contributed by atoms with van der Waals surface area (Å²) in [6, 6.07) is 4.69. The largest absolute Gasteiger partial charge is 0.366 e. The second-order valence-corrected chi connectivity index (χ2v) is 5.48. The zero-order valence-corrected chi connectivity index (χ0v) is 12.6. The summed E-state index contributed by atoms with van der Waals surface area (Å²) < 4.78 is 0. The Morgan fingerprint density at radius 1 is 1.48 bits per heavy atom. The Balaban J connectivity index is 2.09. The first-order chi connectivity index (χ1) is 10.0. The van der Waals surface area contributed by atoms with Crippen LogP contribution in [0.15, 0.2) is 18.2 Å². The Morgan fingerprint density at radius 2 is 2.14 bits per heavy atom. The van der Waals surface area contributed by atoms with Gasteiger partial charge < -0.3 is 10.2 Å². The van der Waals surface area contributed by atoms with Gasteiger partial charge in [-0.1, -0.05) is 11.6 Å². The Kier molecular flexibility index (Phi) is 5.01. The minimum atomic E-state index is -0.420. The van der Waals surface area contributed by atoms with E-state index in [9.17, 15) is 14.9 Å². The highest BCUT2D eigenvalue weighted by Gasteiger charge is 2.28. The molecular weight excluding hydrogens is 294 g/mol. The number of carbonyl (C=O) groups excluding carboxylic acids is 1. The van der Waals surface area contributed by atoms with E-state index in [0.717, 1.165) is 0 Å². The van der Waals surface area contributed by atoms with Crippen molar-refractivity contribution in [3.63, 3.8) is 0 Å². The number of nitrogens with one attached hydrogen (secondary N) is 1. The summed E-state index contributed by atoms with van der Waals surface area (Å²) in [5, 5.41) is 14.3. The number of hydrogen-bond donors (Lipinski definition) is 1. The molecule has 1 aromatic carbocycles. The van der Waals surface area contributed by atoms with Gasteiger partial charge in [0.1, 0.15) is 5.69 Å². The van der Waals surface area contributed by atoms with Gasteiger partial charge in [0.25, 0.3) is 5.69 Å². The normalized spacial score (nSPS) is 15.8. The van der Waals surface area contributed by atoms with Gasteiger partial charge in [0.2, 0.25) is 5.91 Å². The van der Waals surface area contributed by atoms with E-state index in [1.807, 2.05) is 11.8 Å². The molecule has 1 aliphatic rings. The van der Waals surface area contributed by atoms with Gasteiger partial charge in [-0.15, -0.1) is 0 Å². The first kappa shape index (κ1) is 15.6. The van der Waals surface area contributed by atoms with Crippen molar-refractivity contribution in [2.45, 2.75) is 19.8 Å². The number of halogens is 1. The molecule has 2 rings (SSSR count). The van der Waals surface area contributed by atoms with E-state index in [-0.39, 0.29) is 17.5 Å². The molecule has 0 unspecified atom stereocenters. The standard InChI is InChI=1S/C14H18ClN3O3/c1-2-16-14(19)10-5-7-17(8-6-10)12-4-3-11(15)9-13(12)18(20)21/h3-4,9-10H,2,5-8H2,1H3,(H,16,19). The zero-order valence-electron chi connectivity index (χ0n) is 11.8. The van der Waals surface area contributed by atoms with Crippen LogP contribution in [0.5, 0.6) is 0 Å². The van der Waals surface area contributed by atoms with E-state index in [1.54, 1.807) is 12.1 Å². The molecule has 0 bridgehead atoms. The quantitative estimate of drug-likeness (QED) is 0.685. The minimum absolute atomic E-state index is 0.00689. The summed E-state index contributed by atoms with van der Waals surface area (Å²) in [5.74, 6) is 0.0651. The molecule has 1 saturated heterocycles. The van der Waals surface area contributed by atoms with Crippen molar-refractivity contribution < 1.29 is 9.72 Å². The summed E-state index contributed by atoms with van der Waals surface area (Å²) in [6.45, 7) is 3.78. The van der Waals surface area contributed by atoms with Gasteiger partial charge in [0, 0.05) is 36.6 Å². The number of nitrogens with zero attached hydrogens (tertiary/aromatic N) is 2. The first-order valence-corrected chi connectivity index (χ1v) is 7.37. The highest BCUT2D eigenvalue weighted by Crippen LogP contribution is 2.33. The van der Waals surface area contributed by atoms with E-state index in [4.69, 9.17) is 11.6 Å². The highest BCUT2D eigenvalue weighted by atomic mass is 35.5. The van der Waals surface area contributed by atoms with Gasteiger partial charge in [-0.2, -0.15) is 0 Å². The van der Waals surface area contributed by atoms with Gasteiger partial charge >= 0.3 is 0 Å². The molecule has 1 amide bonds. The van der Waals surface area contributed by atoms with Gasteiger partial charge in [-0.25, -0.2) is 0 Å². The SMILES string of the molecule is CCNC(=O)C1CCN(c2ccc(Cl)cc2[N+](=O)[O-])CC1. The maximum absolute atomic E-state index is 11.8. The molecule has 1 aromatic rings. The van der Waals surface area contributed by atoms with E-state index in [0.29, 0.717) is 43.2 Å². The Labute approximate surface area is 128 Å². The topological polar surface area (TPSA) is 75.5 Å². The van der Waals surface area contributed by atoms with Crippen molar-refractivity contribution in [1.82, 2.24) is 5.32 Å². The zero-order chi connectivity index (χ0) is 15.4. The smallest absolute Gasteiger partial charge is 0.294 e. The van der Waals surface area contributed by atoms with Crippen molar-refractivity contribution in [1.29, 1.82) is 0 Å². The molecule has 6 nitrogen and oxygen atoms in total. The third kappa shape index (κ3) is 3.64. The van der Waals surface area contributed by atoms with Crippen LogP contribution in [0.3, 0.4) is 0 Å². The molecule has 114 valence electrons. The Morgan fingerprint density at radius 3 is 2.71 bits per heavy atom.